The Kier molecular flexibility index (Phi) is 3.30. The van der Waals surface area contributed by atoms with Gasteiger partial charge in [-0.05, 0) is 48.5 Å². The van der Waals surface area contributed by atoms with Gasteiger partial charge in [0, 0.05) is 17.8 Å². The van der Waals surface area contributed by atoms with Crippen molar-refractivity contribution < 1.29 is 0 Å². The molecule has 0 spiro atoms. The molecule has 1 aromatic carbocycles. The quantitative estimate of drug-likeness (QED) is 0.807. The van der Waals surface area contributed by atoms with Crippen LogP contribution in [-0.2, 0) is 6.54 Å². The van der Waals surface area contributed by atoms with Gasteiger partial charge in [-0.3, -0.25) is 0 Å². The largest absolute Gasteiger partial charge is 0.359 e. The Hall–Kier alpha value is -1.28. The van der Waals surface area contributed by atoms with E-state index in [-0.39, 0.29) is 0 Å². The summed E-state index contributed by atoms with van der Waals surface area (Å²) in [6.07, 6.45) is 0. The summed E-state index contributed by atoms with van der Waals surface area (Å²) in [4.78, 5) is 3.34. The van der Waals surface area contributed by atoms with Crippen molar-refractivity contribution in [2.75, 3.05) is 6.54 Å². The number of nitrogens with one attached hydrogen (secondary N) is 2. The van der Waals surface area contributed by atoms with Crippen molar-refractivity contribution in [2.45, 2.75) is 27.3 Å². The minimum Gasteiger partial charge on any atom is -0.359 e. The second-order valence-electron chi connectivity index (χ2n) is 4.90. The first-order valence-electron chi connectivity index (χ1n) is 5.94. The minimum atomic E-state index is 0.707. The summed E-state index contributed by atoms with van der Waals surface area (Å²) in [6, 6.07) is 8.80. The molecule has 0 aliphatic rings. The molecular formula is C14H20N2. The summed E-state index contributed by atoms with van der Waals surface area (Å²) in [6.45, 7) is 8.58. The third kappa shape index (κ3) is 2.64. The van der Waals surface area contributed by atoms with E-state index in [0.29, 0.717) is 5.92 Å². The van der Waals surface area contributed by atoms with E-state index in [1.54, 1.807) is 0 Å². The van der Waals surface area contributed by atoms with Gasteiger partial charge in [0.25, 0.3) is 0 Å². The molecule has 0 amide bonds. The number of aromatic nitrogens is 1. The lowest BCUT2D eigenvalue weighted by molar-refractivity contribution is 0.552. The summed E-state index contributed by atoms with van der Waals surface area (Å²) < 4.78 is 0. The minimum absolute atomic E-state index is 0.707. The van der Waals surface area contributed by atoms with Gasteiger partial charge in [-0.25, -0.2) is 0 Å². The average molecular weight is 216 g/mol. The lowest BCUT2D eigenvalue weighted by Gasteiger charge is -2.07. The zero-order chi connectivity index (χ0) is 11.5. The van der Waals surface area contributed by atoms with Gasteiger partial charge < -0.3 is 10.3 Å². The molecule has 2 rings (SSSR count). The van der Waals surface area contributed by atoms with Crippen molar-refractivity contribution in [3.63, 3.8) is 0 Å². The van der Waals surface area contributed by atoms with E-state index in [1.807, 2.05) is 0 Å². The zero-order valence-corrected chi connectivity index (χ0v) is 10.3. The summed E-state index contributed by atoms with van der Waals surface area (Å²) in [5.74, 6) is 0.707. The molecule has 16 heavy (non-hydrogen) atoms. The molecule has 0 radical (unpaired) electrons. The van der Waals surface area contributed by atoms with Gasteiger partial charge in [0.2, 0.25) is 0 Å². The number of hydrogen-bond acceptors (Lipinski definition) is 1. The van der Waals surface area contributed by atoms with E-state index < -0.39 is 0 Å². The summed E-state index contributed by atoms with van der Waals surface area (Å²) in [7, 11) is 0. The van der Waals surface area contributed by atoms with Crippen molar-refractivity contribution in [1.29, 1.82) is 0 Å². The van der Waals surface area contributed by atoms with Crippen LogP contribution in [0.4, 0.5) is 0 Å². The van der Waals surface area contributed by atoms with Gasteiger partial charge in [-0.15, -0.1) is 0 Å². The van der Waals surface area contributed by atoms with Crippen molar-refractivity contribution in [2.24, 2.45) is 5.92 Å². The van der Waals surface area contributed by atoms with E-state index in [0.717, 1.165) is 13.1 Å². The molecule has 0 bridgehead atoms. The van der Waals surface area contributed by atoms with E-state index >= 15 is 0 Å². The molecule has 86 valence electrons. The van der Waals surface area contributed by atoms with Crippen molar-refractivity contribution in [1.82, 2.24) is 10.3 Å². The predicted molar refractivity (Wildman–Crippen MR) is 69.6 cm³/mol. The third-order valence-corrected chi connectivity index (χ3v) is 2.70. The number of aryl methyl sites for hydroxylation is 1. The molecular weight excluding hydrogens is 196 g/mol. The molecule has 0 aliphatic carbocycles. The Morgan fingerprint density at radius 3 is 2.81 bits per heavy atom. The molecule has 0 aliphatic heterocycles. The molecule has 0 atom stereocenters. The van der Waals surface area contributed by atoms with Crippen LogP contribution in [0.1, 0.15) is 25.1 Å². The Balaban J connectivity index is 2.07. The van der Waals surface area contributed by atoms with E-state index in [1.165, 1.54) is 22.2 Å². The molecule has 0 unspecified atom stereocenters. The lowest BCUT2D eigenvalue weighted by atomic mass is 10.1. The monoisotopic (exact) mass is 216 g/mol. The highest BCUT2D eigenvalue weighted by Crippen LogP contribution is 2.16. The smallest absolute Gasteiger partial charge is 0.0456 e. The van der Waals surface area contributed by atoms with E-state index in [4.69, 9.17) is 0 Å². The fraction of sp³-hybridized carbons (Fsp3) is 0.429. The fourth-order valence-electron chi connectivity index (χ4n) is 1.94. The molecule has 2 nitrogen and oxygen atoms in total. The molecule has 1 aromatic heterocycles. The van der Waals surface area contributed by atoms with Crippen LogP contribution in [0, 0.1) is 12.8 Å². The highest BCUT2D eigenvalue weighted by Gasteiger charge is 1.99. The topological polar surface area (TPSA) is 27.8 Å². The van der Waals surface area contributed by atoms with E-state index in [2.05, 4.69) is 55.3 Å². The van der Waals surface area contributed by atoms with Gasteiger partial charge in [0.15, 0.2) is 0 Å². The van der Waals surface area contributed by atoms with Crippen LogP contribution < -0.4 is 5.32 Å². The van der Waals surface area contributed by atoms with Crippen LogP contribution in [0.2, 0.25) is 0 Å². The maximum Gasteiger partial charge on any atom is 0.0456 e. The van der Waals surface area contributed by atoms with Crippen molar-refractivity contribution >= 4 is 10.9 Å². The van der Waals surface area contributed by atoms with Crippen LogP contribution in [0.25, 0.3) is 10.9 Å². The van der Waals surface area contributed by atoms with Gasteiger partial charge in [0.1, 0.15) is 0 Å². The van der Waals surface area contributed by atoms with Gasteiger partial charge in [-0.1, -0.05) is 19.9 Å². The predicted octanol–water partition coefficient (Wildman–Crippen LogP) is 3.22. The number of H-pyrrole nitrogens is 1. The number of fused-ring (bicyclic) bond motifs is 1. The highest BCUT2D eigenvalue weighted by atomic mass is 14.8. The Morgan fingerprint density at radius 2 is 2.06 bits per heavy atom. The molecule has 0 fully saturated rings. The van der Waals surface area contributed by atoms with Crippen LogP contribution >= 0.6 is 0 Å². The highest BCUT2D eigenvalue weighted by molar-refractivity contribution is 5.81. The number of rotatable bonds is 4. The van der Waals surface area contributed by atoms with Gasteiger partial charge in [-0.2, -0.15) is 0 Å². The maximum atomic E-state index is 3.46. The average Bonchev–Trinajstić information content (AvgIpc) is 2.56. The summed E-state index contributed by atoms with van der Waals surface area (Å²) in [5, 5.41) is 4.77. The SMILES string of the molecule is Cc1cc2cc(CNCC(C)C)ccc2[nH]1. The molecule has 1 heterocycles. The summed E-state index contributed by atoms with van der Waals surface area (Å²) >= 11 is 0. The van der Waals surface area contributed by atoms with Crippen LogP contribution in [0.3, 0.4) is 0 Å². The lowest BCUT2D eigenvalue weighted by Crippen LogP contribution is -2.18. The van der Waals surface area contributed by atoms with E-state index in [9.17, 15) is 0 Å². The number of hydrogen-bond donors (Lipinski definition) is 2. The van der Waals surface area contributed by atoms with Crippen LogP contribution in [0.15, 0.2) is 24.3 Å². The fourth-order valence-corrected chi connectivity index (χ4v) is 1.94. The Bertz CT molecular complexity index is 469. The molecule has 0 saturated heterocycles. The van der Waals surface area contributed by atoms with Gasteiger partial charge >= 0.3 is 0 Å². The maximum absolute atomic E-state index is 3.46. The normalized spacial score (nSPS) is 11.5. The molecule has 2 heteroatoms. The second kappa shape index (κ2) is 4.71. The third-order valence-electron chi connectivity index (χ3n) is 2.70. The zero-order valence-electron chi connectivity index (χ0n) is 10.3. The van der Waals surface area contributed by atoms with Crippen molar-refractivity contribution in [3.8, 4) is 0 Å². The Morgan fingerprint density at radius 1 is 1.25 bits per heavy atom. The van der Waals surface area contributed by atoms with Crippen LogP contribution in [-0.4, -0.2) is 11.5 Å². The first-order valence-corrected chi connectivity index (χ1v) is 5.94. The second-order valence-corrected chi connectivity index (χ2v) is 4.90. The molecule has 2 aromatic rings. The van der Waals surface area contributed by atoms with Crippen LogP contribution in [0.5, 0.6) is 0 Å². The number of benzene rings is 1. The molecule has 2 N–H and O–H groups in total. The Labute approximate surface area is 97.1 Å². The number of aromatic amines is 1. The standard InChI is InChI=1S/C14H20N2/c1-10(2)8-15-9-12-4-5-14-13(7-12)6-11(3)16-14/h4-7,10,15-16H,8-9H2,1-3H3. The summed E-state index contributed by atoms with van der Waals surface area (Å²) in [5.41, 5.74) is 3.81. The first kappa shape index (κ1) is 11.2. The van der Waals surface area contributed by atoms with Crippen molar-refractivity contribution in [3.05, 3.63) is 35.5 Å². The van der Waals surface area contributed by atoms with Gasteiger partial charge in [0.05, 0.1) is 0 Å². The first-order chi connectivity index (χ1) is 7.65. The molecule has 0 saturated carbocycles.